The van der Waals surface area contributed by atoms with Crippen LogP contribution in [0.5, 0.6) is 0 Å². The Morgan fingerprint density at radius 2 is 2.06 bits per heavy atom. The first-order valence-electron chi connectivity index (χ1n) is 6.45. The van der Waals surface area contributed by atoms with E-state index in [1.165, 1.54) is 24.8 Å². The lowest BCUT2D eigenvalue weighted by molar-refractivity contribution is 0.168. The highest BCUT2D eigenvalue weighted by molar-refractivity contribution is 6.30. The van der Waals surface area contributed by atoms with Crippen molar-refractivity contribution in [2.45, 2.75) is 31.4 Å². The van der Waals surface area contributed by atoms with Gasteiger partial charge in [0.2, 0.25) is 0 Å². The fourth-order valence-electron chi connectivity index (χ4n) is 2.89. The first kappa shape index (κ1) is 11.8. The quantitative estimate of drug-likeness (QED) is 0.778. The summed E-state index contributed by atoms with van der Waals surface area (Å²) in [7, 11) is 1.80. The highest BCUT2D eigenvalue weighted by Gasteiger charge is 2.41. The summed E-state index contributed by atoms with van der Waals surface area (Å²) in [5, 5.41) is 0.765. The Hall–Kier alpha value is -1.22. The fourth-order valence-corrected chi connectivity index (χ4v) is 3.02. The van der Waals surface area contributed by atoms with Crippen molar-refractivity contribution in [2.24, 2.45) is 4.99 Å². The molecule has 0 spiro atoms. The number of nitrogens with zero attached hydrogens (tertiary/aromatic N) is 2. The normalized spacial score (nSPS) is 29.2. The van der Waals surface area contributed by atoms with Crippen molar-refractivity contribution >= 4 is 17.6 Å². The Labute approximate surface area is 112 Å². The third-order valence-corrected chi connectivity index (χ3v) is 4.02. The van der Waals surface area contributed by atoms with Crippen molar-refractivity contribution in [3.05, 3.63) is 34.9 Å². The largest absolute Gasteiger partial charge is 0.455 e. The molecule has 0 aromatic heterocycles. The van der Waals surface area contributed by atoms with Gasteiger partial charge in [0, 0.05) is 18.6 Å². The summed E-state index contributed by atoms with van der Waals surface area (Å²) in [5.74, 6) is 0. The van der Waals surface area contributed by atoms with Crippen LogP contribution in [0.4, 0.5) is 0 Å². The molecule has 0 aliphatic carbocycles. The van der Waals surface area contributed by atoms with Gasteiger partial charge in [0.05, 0.1) is 6.04 Å². The van der Waals surface area contributed by atoms with Crippen LogP contribution >= 0.6 is 11.6 Å². The predicted octanol–water partition coefficient (Wildman–Crippen LogP) is 3.25. The summed E-state index contributed by atoms with van der Waals surface area (Å²) in [6.07, 6.45) is 3.77. The van der Waals surface area contributed by atoms with Crippen molar-refractivity contribution in [3.63, 3.8) is 0 Å². The second kappa shape index (κ2) is 4.81. The maximum atomic E-state index is 6.02. The molecule has 96 valence electrons. The summed E-state index contributed by atoms with van der Waals surface area (Å²) >= 11 is 5.94. The maximum absolute atomic E-state index is 6.02. The summed E-state index contributed by atoms with van der Waals surface area (Å²) in [4.78, 5) is 6.57. The van der Waals surface area contributed by atoms with Gasteiger partial charge >= 0.3 is 0 Å². The highest BCUT2D eigenvalue weighted by Crippen LogP contribution is 2.37. The molecule has 0 bridgehead atoms. The van der Waals surface area contributed by atoms with Gasteiger partial charge in [0.1, 0.15) is 6.10 Å². The van der Waals surface area contributed by atoms with Crippen LogP contribution in [-0.2, 0) is 4.74 Å². The number of aliphatic imine (C=N–C) groups is 1. The minimum atomic E-state index is 0.0984. The van der Waals surface area contributed by atoms with Gasteiger partial charge in [-0.1, -0.05) is 23.7 Å². The topological polar surface area (TPSA) is 24.8 Å². The van der Waals surface area contributed by atoms with Gasteiger partial charge in [-0.15, -0.1) is 0 Å². The van der Waals surface area contributed by atoms with E-state index in [4.69, 9.17) is 16.3 Å². The molecule has 0 radical (unpaired) electrons. The van der Waals surface area contributed by atoms with Crippen molar-refractivity contribution in [1.29, 1.82) is 0 Å². The lowest BCUT2D eigenvalue weighted by Crippen LogP contribution is -2.38. The second-order valence-corrected chi connectivity index (χ2v) is 5.29. The number of benzene rings is 1. The first-order chi connectivity index (χ1) is 8.79. The molecule has 0 amide bonds. The van der Waals surface area contributed by atoms with Crippen LogP contribution in [0.25, 0.3) is 0 Å². The Kier molecular flexibility index (Phi) is 3.16. The van der Waals surface area contributed by atoms with Gasteiger partial charge in [-0.05, 0) is 37.0 Å². The van der Waals surface area contributed by atoms with Crippen LogP contribution in [0.3, 0.4) is 0 Å². The molecule has 4 heteroatoms. The predicted molar refractivity (Wildman–Crippen MR) is 73.0 cm³/mol. The first-order valence-corrected chi connectivity index (χ1v) is 6.83. The van der Waals surface area contributed by atoms with Crippen LogP contribution in [-0.4, -0.2) is 30.6 Å². The van der Waals surface area contributed by atoms with Crippen LogP contribution in [0.1, 0.15) is 30.9 Å². The molecule has 2 aliphatic heterocycles. The van der Waals surface area contributed by atoms with E-state index in [2.05, 4.69) is 22.0 Å². The molecule has 2 saturated heterocycles. The van der Waals surface area contributed by atoms with Crippen molar-refractivity contribution < 1.29 is 4.74 Å². The number of halogens is 1. The van der Waals surface area contributed by atoms with Crippen LogP contribution in [0, 0.1) is 0 Å². The molecule has 2 atom stereocenters. The Balaban J connectivity index is 1.90. The molecule has 3 rings (SSSR count). The maximum Gasteiger partial charge on any atom is 0.288 e. The summed E-state index contributed by atoms with van der Waals surface area (Å²) in [6.45, 7) is 1.06. The van der Waals surface area contributed by atoms with Gasteiger partial charge in [0.25, 0.3) is 6.02 Å². The molecule has 0 saturated carbocycles. The van der Waals surface area contributed by atoms with E-state index in [0.29, 0.717) is 6.04 Å². The average molecular weight is 265 g/mol. The number of hydrogen-bond acceptors (Lipinski definition) is 2. The minimum Gasteiger partial charge on any atom is -0.455 e. The number of amidine groups is 1. The smallest absolute Gasteiger partial charge is 0.288 e. The van der Waals surface area contributed by atoms with E-state index in [9.17, 15) is 0 Å². The zero-order chi connectivity index (χ0) is 12.5. The lowest BCUT2D eigenvalue weighted by atomic mass is 9.94. The average Bonchev–Trinajstić information content (AvgIpc) is 2.79. The Morgan fingerprint density at radius 1 is 1.28 bits per heavy atom. The van der Waals surface area contributed by atoms with E-state index >= 15 is 0 Å². The van der Waals surface area contributed by atoms with E-state index < -0.39 is 0 Å². The monoisotopic (exact) mass is 264 g/mol. The molecule has 0 unspecified atom stereocenters. The fraction of sp³-hybridized carbons (Fsp3) is 0.500. The number of fused-ring (bicyclic) bond motifs is 1. The standard InChI is InChI=1S/C14H17ClN2O/c1-16-14-17-9-3-2-4-12(17)13(18-14)10-5-7-11(15)8-6-10/h5-8,12-13H,2-4,9H2,1H3/t12-,13-/m0/s1. The van der Waals surface area contributed by atoms with Crippen molar-refractivity contribution in [1.82, 2.24) is 4.90 Å². The molecular formula is C14H17ClN2O. The second-order valence-electron chi connectivity index (χ2n) is 4.85. The van der Waals surface area contributed by atoms with E-state index in [1.807, 2.05) is 12.1 Å². The summed E-state index contributed by atoms with van der Waals surface area (Å²) < 4.78 is 6.02. The number of ether oxygens (including phenoxy) is 1. The molecule has 2 fully saturated rings. The Bertz CT molecular complexity index is 457. The molecular weight excluding hydrogens is 248 g/mol. The van der Waals surface area contributed by atoms with Gasteiger partial charge in [-0.3, -0.25) is 0 Å². The van der Waals surface area contributed by atoms with Gasteiger partial charge in [-0.25, -0.2) is 4.99 Å². The van der Waals surface area contributed by atoms with Gasteiger partial charge < -0.3 is 9.64 Å². The highest BCUT2D eigenvalue weighted by atomic mass is 35.5. The van der Waals surface area contributed by atoms with Crippen LogP contribution in [0.2, 0.25) is 5.02 Å². The van der Waals surface area contributed by atoms with Crippen LogP contribution < -0.4 is 0 Å². The number of rotatable bonds is 1. The van der Waals surface area contributed by atoms with Gasteiger partial charge in [-0.2, -0.15) is 0 Å². The molecule has 3 nitrogen and oxygen atoms in total. The molecule has 18 heavy (non-hydrogen) atoms. The molecule has 2 heterocycles. The summed E-state index contributed by atoms with van der Waals surface area (Å²) in [6, 6.07) is 9.18. The molecule has 0 N–H and O–H groups in total. The Morgan fingerprint density at radius 3 is 2.78 bits per heavy atom. The molecule has 2 aliphatic rings. The van der Waals surface area contributed by atoms with E-state index in [0.717, 1.165) is 17.6 Å². The van der Waals surface area contributed by atoms with Crippen LogP contribution in [0.15, 0.2) is 29.3 Å². The third kappa shape index (κ3) is 1.97. The lowest BCUT2D eigenvalue weighted by Gasteiger charge is -2.30. The number of piperidine rings is 1. The molecule has 1 aromatic carbocycles. The SMILES string of the molecule is CN=C1O[C@@H](c2ccc(Cl)cc2)[C@@H]2CCCCN12. The van der Waals surface area contributed by atoms with Crippen molar-refractivity contribution in [2.75, 3.05) is 13.6 Å². The number of hydrogen-bond donors (Lipinski definition) is 0. The van der Waals surface area contributed by atoms with Crippen molar-refractivity contribution in [3.8, 4) is 0 Å². The minimum absolute atomic E-state index is 0.0984. The zero-order valence-electron chi connectivity index (χ0n) is 10.5. The van der Waals surface area contributed by atoms with E-state index in [-0.39, 0.29) is 6.10 Å². The van der Waals surface area contributed by atoms with Gasteiger partial charge in [0.15, 0.2) is 0 Å². The summed E-state index contributed by atoms with van der Waals surface area (Å²) in [5.41, 5.74) is 1.19. The zero-order valence-corrected chi connectivity index (χ0v) is 11.2. The van der Waals surface area contributed by atoms with E-state index in [1.54, 1.807) is 7.05 Å². The molecule has 1 aromatic rings. The third-order valence-electron chi connectivity index (χ3n) is 3.77.